The van der Waals surface area contributed by atoms with Crippen LogP contribution in [0.5, 0.6) is 5.75 Å². The second-order valence-corrected chi connectivity index (χ2v) is 6.37. The predicted octanol–water partition coefficient (Wildman–Crippen LogP) is 2.08. The van der Waals surface area contributed by atoms with Gasteiger partial charge in [0.1, 0.15) is 12.3 Å². The van der Waals surface area contributed by atoms with E-state index in [1.165, 1.54) is 5.56 Å². The number of quaternary nitrogens is 1. The largest absolute Gasteiger partial charge is 0.496 e. The Bertz CT molecular complexity index is 697. The standard InChI is InChI=1S/C19H22ClN3O/c1-24-19-9-5-3-6-16(19)14-21-23-12-10-22(11-13-23)15-17-7-2-4-8-18(17)20/h2-9,14H,10-13,15H2,1H3/p+1/b21-14+. The molecular formula is C19H23ClN3O+. The number of piperazine rings is 1. The van der Waals surface area contributed by atoms with Crippen LogP contribution in [0.1, 0.15) is 11.1 Å². The quantitative estimate of drug-likeness (QED) is 0.842. The number of rotatable bonds is 5. The van der Waals surface area contributed by atoms with E-state index in [1.54, 1.807) is 12.0 Å². The van der Waals surface area contributed by atoms with Crippen LogP contribution in [0.3, 0.4) is 0 Å². The maximum atomic E-state index is 6.26. The van der Waals surface area contributed by atoms with Gasteiger partial charge in [0.2, 0.25) is 0 Å². The van der Waals surface area contributed by atoms with Crippen LogP contribution >= 0.6 is 11.6 Å². The second-order valence-electron chi connectivity index (χ2n) is 5.96. The molecule has 0 radical (unpaired) electrons. The topological polar surface area (TPSA) is 29.3 Å². The summed E-state index contributed by atoms with van der Waals surface area (Å²) < 4.78 is 5.35. The molecule has 1 aliphatic rings. The van der Waals surface area contributed by atoms with Crippen molar-refractivity contribution in [3.05, 3.63) is 64.7 Å². The second kappa shape index (κ2) is 8.18. The number of hydrazone groups is 1. The number of hydrogen-bond acceptors (Lipinski definition) is 3. The zero-order valence-electron chi connectivity index (χ0n) is 13.9. The number of benzene rings is 2. The molecule has 1 N–H and O–H groups in total. The van der Waals surface area contributed by atoms with Crippen molar-refractivity contribution < 1.29 is 9.64 Å². The smallest absolute Gasteiger partial charge is 0.127 e. The molecule has 0 atom stereocenters. The predicted molar refractivity (Wildman–Crippen MR) is 98.0 cm³/mol. The van der Waals surface area contributed by atoms with Gasteiger partial charge >= 0.3 is 0 Å². The Labute approximate surface area is 148 Å². The van der Waals surface area contributed by atoms with Gasteiger partial charge in [-0.15, -0.1) is 0 Å². The van der Waals surface area contributed by atoms with Gasteiger partial charge in [0.05, 0.1) is 39.5 Å². The number of nitrogens with zero attached hydrogens (tertiary/aromatic N) is 2. The third-order valence-corrected chi connectivity index (χ3v) is 4.71. The van der Waals surface area contributed by atoms with Crippen LogP contribution in [0.4, 0.5) is 0 Å². The number of halogens is 1. The lowest BCUT2D eigenvalue weighted by atomic mass is 10.2. The molecule has 1 heterocycles. The first-order valence-corrected chi connectivity index (χ1v) is 8.63. The first kappa shape index (κ1) is 16.8. The van der Waals surface area contributed by atoms with Crippen molar-refractivity contribution in [2.45, 2.75) is 6.54 Å². The fourth-order valence-corrected chi connectivity index (χ4v) is 3.13. The van der Waals surface area contributed by atoms with Gasteiger partial charge in [-0.1, -0.05) is 41.9 Å². The monoisotopic (exact) mass is 344 g/mol. The molecule has 1 aliphatic heterocycles. The summed E-state index contributed by atoms with van der Waals surface area (Å²) in [4.78, 5) is 1.55. The Morgan fingerprint density at radius 2 is 1.83 bits per heavy atom. The molecule has 0 unspecified atom stereocenters. The molecule has 0 spiro atoms. The fraction of sp³-hybridized carbons (Fsp3) is 0.316. The van der Waals surface area contributed by atoms with Gasteiger partial charge in [0, 0.05) is 16.1 Å². The SMILES string of the molecule is COc1ccccc1/C=N/N1CC[NH+](Cc2ccccc2Cl)CC1. The van der Waals surface area contributed by atoms with Crippen molar-refractivity contribution in [1.82, 2.24) is 5.01 Å². The van der Waals surface area contributed by atoms with Gasteiger partial charge in [-0.25, -0.2) is 0 Å². The molecule has 5 heteroatoms. The highest BCUT2D eigenvalue weighted by Gasteiger charge is 2.19. The van der Waals surface area contributed by atoms with E-state index < -0.39 is 0 Å². The maximum absolute atomic E-state index is 6.26. The molecule has 3 rings (SSSR count). The van der Waals surface area contributed by atoms with Crippen molar-refractivity contribution in [3.8, 4) is 5.75 Å². The van der Waals surface area contributed by atoms with E-state index in [2.05, 4.69) is 22.2 Å². The highest BCUT2D eigenvalue weighted by atomic mass is 35.5. The van der Waals surface area contributed by atoms with Gasteiger partial charge < -0.3 is 9.64 Å². The zero-order valence-corrected chi connectivity index (χ0v) is 14.7. The zero-order chi connectivity index (χ0) is 16.8. The third-order valence-electron chi connectivity index (χ3n) is 4.34. The Morgan fingerprint density at radius 3 is 2.58 bits per heavy atom. The van der Waals surface area contributed by atoms with E-state index in [0.29, 0.717) is 0 Å². The molecule has 4 nitrogen and oxygen atoms in total. The van der Waals surface area contributed by atoms with Crippen LogP contribution in [-0.2, 0) is 6.54 Å². The highest BCUT2D eigenvalue weighted by molar-refractivity contribution is 6.31. The minimum absolute atomic E-state index is 0.851. The van der Waals surface area contributed by atoms with Crippen molar-refractivity contribution in [2.75, 3.05) is 33.3 Å². The molecule has 0 bridgehead atoms. The fourth-order valence-electron chi connectivity index (χ4n) is 2.93. The normalized spacial score (nSPS) is 15.8. The van der Waals surface area contributed by atoms with Gasteiger partial charge in [0.15, 0.2) is 0 Å². The highest BCUT2D eigenvalue weighted by Crippen LogP contribution is 2.15. The maximum Gasteiger partial charge on any atom is 0.127 e. The number of methoxy groups -OCH3 is 1. The molecule has 126 valence electrons. The lowest BCUT2D eigenvalue weighted by Crippen LogP contribution is -3.13. The summed E-state index contributed by atoms with van der Waals surface area (Å²) in [5.74, 6) is 0.851. The lowest BCUT2D eigenvalue weighted by Gasteiger charge is -2.30. The van der Waals surface area contributed by atoms with Gasteiger partial charge in [-0.05, 0) is 18.2 Å². The first-order chi connectivity index (χ1) is 11.8. The summed E-state index contributed by atoms with van der Waals surface area (Å²) in [5.41, 5.74) is 2.23. The van der Waals surface area contributed by atoms with E-state index in [9.17, 15) is 0 Å². The van der Waals surface area contributed by atoms with Crippen molar-refractivity contribution >= 4 is 17.8 Å². The van der Waals surface area contributed by atoms with Crippen LogP contribution in [0.15, 0.2) is 53.6 Å². The summed E-state index contributed by atoms with van der Waals surface area (Å²) in [5, 5.41) is 7.60. The van der Waals surface area contributed by atoms with Crippen LogP contribution in [0.25, 0.3) is 0 Å². The molecule has 0 aliphatic carbocycles. The Morgan fingerprint density at radius 1 is 1.12 bits per heavy atom. The van der Waals surface area contributed by atoms with Gasteiger partial charge in [-0.3, -0.25) is 5.01 Å². The minimum Gasteiger partial charge on any atom is -0.496 e. The Balaban J connectivity index is 1.54. The van der Waals surface area contributed by atoms with Crippen LogP contribution in [0.2, 0.25) is 5.02 Å². The van der Waals surface area contributed by atoms with Gasteiger partial charge in [-0.2, -0.15) is 5.10 Å². The molecule has 1 saturated heterocycles. The number of hydrogen-bond donors (Lipinski definition) is 1. The molecule has 1 fully saturated rings. The van der Waals surface area contributed by atoms with Crippen molar-refractivity contribution in [2.24, 2.45) is 5.10 Å². The molecule has 2 aromatic carbocycles. The van der Waals surface area contributed by atoms with Crippen LogP contribution in [0, 0.1) is 0 Å². The van der Waals surface area contributed by atoms with Crippen molar-refractivity contribution in [3.63, 3.8) is 0 Å². The molecule has 0 aromatic heterocycles. The lowest BCUT2D eigenvalue weighted by molar-refractivity contribution is -0.918. The average Bonchev–Trinajstić information content (AvgIpc) is 2.63. The molecule has 2 aromatic rings. The van der Waals surface area contributed by atoms with E-state index >= 15 is 0 Å². The number of nitrogens with one attached hydrogen (secondary N) is 1. The minimum atomic E-state index is 0.851. The molecular weight excluding hydrogens is 322 g/mol. The summed E-state index contributed by atoms with van der Waals surface area (Å²) in [7, 11) is 1.68. The third kappa shape index (κ3) is 4.28. The summed E-state index contributed by atoms with van der Waals surface area (Å²) in [6, 6.07) is 16.0. The van der Waals surface area contributed by atoms with Crippen molar-refractivity contribution in [1.29, 1.82) is 0 Å². The first-order valence-electron chi connectivity index (χ1n) is 8.25. The Kier molecular flexibility index (Phi) is 5.72. The average molecular weight is 345 g/mol. The molecule has 24 heavy (non-hydrogen) atoms. The Hall–Kier alpha value is -2.04. The van der Waals surface area contributed by atoms with Crippen LogP contribution < -0.4 is 9.64 Å². The number of para-hydroxylation sites is 1. The summed E-state index contributed by atoms with van der Waals surface area (Å²) in [6.45, 7) is 5.00. The number of ether oxygens (including phenoxy) is 1. The summed E-state index contributed by atoms with van der Waals surface area (Å²) >= 11 is 6.26. The van der Waals surface area contributed by atoms with E-state index in [0.717, 1.165) is 49.1 Å². The molecule has 0 saturated carbocycles. The van der Waals surface area contributed by atoms with Crippen LogP contribution in [-0.4, -0.2) is 44.5 Å². The van der Waals surface area contributed by atoms with E-state index in [-0.39, 0.29) is 0 Å². The van der Waals surface area contributed by atoms with Gasteiger partial charge in [0.25, 0.3) is 0 Å². The molecule has 0 amide bonds. The van der Waals surface area contributed by atoms with E-state index in [1.807, 2.05) is 42.6 Å². The summed E-state index contributed by atoms with van der Waals surface area (Å²) in [6.07, 6.45) is 1.89. The van der Waals surface area contributed by atoms with E-state index in [4.69, 9.17) is 16.3 Å².